The smallest absolute Gasteiger partial charge is 0.275 e. The maximum atomic E-state index is 13.9. The van der Waals surface area contributed by atoms with E-state index >= 15 is 0 Å². The molecule has 3 rings (SSSR count). The Kier molecular flexibility index (Phi) is 7.04. The Bertz CT molecular complexity index is 839. The predicted octanol–water partition coefficient (Wildman–Crippen LogP) is 1.95. The van der Waals surface area contributed by atoms with Crippen molar-refractivity contribution in [3.63, 3.8) is 0 Å². The van der Waals surface area contributed by atoms with Crippen LogP contribution in [0, 0.1) is 11.6 Å². The SMILES string of the molecule is CCOc1ccccc1N1CC[NH+](CC(=O)N[C@H](C)c2ccc(F)cc2F)CC1. The fraction of sp³-hybridized carbons (Fsp3) is 0.409. The molecule has 2 aromatic carbocycles. The van der Waals surface area contributed by atoms with Gasteiger partial charge in [0.05, 0.1) is 44.5 Å². The maximum absolute atomic E-state index is 13.9. The van der Waals surface area contributed by atoms with Gasteiger partial charge in [0, 0.05) is 11.6 Å². The van der Waals surface area contributed by atoms with Gasteiger partial charge in [-0.25, -0.2) is 8.78 Å². The van der Waals surface area contributed by atoms with Gasteiger partial charge in [-0.3, -0.25) is 4.79 Å². The number of para-hydroxylation sites is 2. The largest absolute Gasteiger partial charge is 0.492 e. The van der Waals surface area contributed by atoms with Crippen LogP contribution in [0.2, 0.25) is 0 Å². The molecule has 2 aromatic rings. The fourth-order valence-corrected chi connectivity index (χ4v) is 3.69. The van der Waals surface area contributed by atoms with E-state index in [1.807, 2.05) is 25.1 Å². The van der Waals surface area contributed by atoms with Gasteiger partial charge in [-0.15, -0.1) is 0 Å². The molecule has 5 nitrogen and oxygen atoms in total. The summed E-state index contributed by atoms with van der Waals surface area (Å²) in [5.74, 6) is -0.532. The number of ether oxygens (including phenoxy) is 1. The van der Waals surface area contributed by atoms with E-state index in [0.717, 1.165) is 43.7 Å². The van der Waals surface area contributed by atoms with Crippen molar-refractivity contribution < 1.29 is 23.2 Å². The molecule has 0 aromatic heterocycles. The molecular formula is C22H28F2N3O2+. The molecular weight excluding hydrogens is 376 g/mol. The van der Waals surface area contributed by atoms with Crippen LogP contribution in [0.25, 0.3) is 0 Å². The summed E-state index contributed by atoms with van der Waals surface area (Å²) in [7, 11) is 0. The van der Waals surface area contributed by atoms with E-state index in [-0.39, 0.29) is 11.5 Å². The van der Waals surface area contributed by atoms with Gasteiger partial charge in [0.1, 0.15) is 17.4 Å². The number of nitrogens with zero attached hydrogens (tertiary/aromatic N) is 1. The molecule has 1 aliphatic heterocycles. The van der Waals surface area contributed by atoms with Crippen LogP contribution in [0.5, 0.6) is 5.75 Å². The topological polar surface area (TPSA) is 46.0 Å². The van der Waals surface area contributed by atoms with Gasteiger partial charge in [-0.1, -0.05) is 18.2 Å². The molecule has 1 atom stereocenters. The van der Waals surface area contributed by atoms with Gasteiger partial charge in [0.15, 0.2) is 6.54 Å². The molecule has 7 heteroatoms. The second-order valence-electron chi connectivity index (χ2n) is 7.27. The van der Waals surface area contributed by atoms with E-state index in [4.69, 9.17) is 4.74 Å². The molecule has 2 N–H and O–H groups in total. The summed E-state index contributed by atoms with van der Waals surface area (Å²) < 4.78 is 32.7. The first kappa shape index (κ1) is 21.0. The zero-order valence-corrected chi connectivity index (χ0v) is 16.9. The van der Waals surface area contributed by atoms with Crippen molar-refractivity contribution >= 4 is 11.6 Å². The lowest BCUT2D eigenvalue weighted by Gasteiger charge is -2.34. The number of quaternary nitrogens is 1. The van der Waals surface area contributed by atoms with E-state index in [9.17, 15) is 13.6 Å². The Morgan fingerprint density at radius 3 is 2.62 bits per heavy atom. The molecule has 1 fully saturated rings. The van der Waals surface area contributed by atoms with E-state index in [1.165, 1.54) is 17.0 Å². The number of halogens is 2. The summed E-state index contributed by atoms with van der Waals surface area (Å²) in [6.45, 7) is 7.93. The van der Waals surface area contributed by atoms with Crippen LogP contribution < -0.4 is 19.9 Å². The summed E-state index contributed by atoms with van der Waals surface area (Å²) in [6.07, 6.45) is 0. The molecule has 0 unspecified atom stereocenters. The molecule has 0 bridgehead atoms. The standard InChI is InChI=1S/C22H27F2N3O2/c1-3-29-21-7-5-4-6-20(21)27-12-10-26(11-13-27)15-22(28)25-16(2)18-9-8-17(23)14-19(18)24/h4-9,14,16H,3,10-13,15H2,1-2H3,(H,25,28)/p+1/t16-/m1/s1. The molecule has 0 radical (unpaired) electrons. The Morgan fingerprint density at radius 2 is 1.93 bits per heavy atom. The Hall–Kier alpha value is -2.67. The maximum Gasteiger partial charge on any atom is 0.275 e. The van der Waals surface area contributed by atoms with Gasteiger partial charge in [-0.2, -0.15) is 0 Å². The number of hydrogen-bond donors (Lipinski definition) is 2. The minimum absolute atomic E-state index is 0.139. The molecule has 1 amide bonds. The minimum atomic E-state index is -0.647. The van der Waals surface area contributed by atoms with Crippen molar-refractivity contribution in [1.29, 1.82) is 0 Å². The highest BCUT2D eigenvalue weighted by atomic mass is 19.1. The molecule has 156 valence electrons. The predicted molar refractivity (Wildman–Crippen MR) is 108 cm³/mol. The van der Waals surface area contributed by atoms with Crippen molar-refractivity contribution in [2.24, 2.45) is 0 Å². The molecule has 0 aliphatic carbocycles. The Balaban J connectivity index is 1.51. The third kappa shape index (κ3) is 5.44. The summed E-state index contributed by atoms with van der Waals surface area (Å²) in [5.41, 5.74) is 1.37. The van der Waals surface area contributed by atoms with Crippen LogP contribution in [0.4, 0.5) is 14.5 Å². The van der Waals surface area contributed by atoms with E-state index in [2.05, 4.69) is 16.3 Å². The van der Waals surface area contributed by atoms with Crippen LogP contribution >= 0.6 is 0 Å². The van der Waals surface area contributed by atoms with Crippen molar-refractivity contribution in [1.82, 2.24) is 5.32 Å². The number of piperazine rings is 1. The first-order valence-corrected chi connectivity index (χ1v) is 10.0. The average molecular weight is 404 g/mol. The molecule has 29 heavy (non-hydrogen) atoms. The molecule has 0 saturated carbocycles. The number of carbonyl (C=O) groups excluding carboxylic acids is 1. The minimum Gasteiger partial charge on any atom is -0.492 e. The highest BCUT2D eigenvalue weighted by Gasteiger charge is 2.25. The number of rotatable bonds is 7. The van der Waals surface area contributed by atoms with E-state index in [0.29, 0.717) is 13.2 Å². The fourth-order valence-electron chi connectivity index (χ4n) is 3.69. The lowest BCUT2D eigenvalue weighted by Crippen LogP contribution is -3.15. The first-order chi connectivity index (χ1) is 14.0. The quantitative estimate of drug-likeness (QED) is 0.742. The number of benzene rings is 2. The zero-order valence-electron chi connectivity index (χ0n) is 16.9. The number of carbonyl (C=O) groups is 1. The summed E-state index contributed by atoms with van der Waals surface area (Å²) in [5, 5.41) is 2.82. The number of amides is 1. The Morgan fingerprint density at radius 1 is 1.21 bits per heavy atom. The summed E-state index contributed by atoms with van der Waals surface area (Å²) in [6, 6.07) is 10.9. The van der Waals surface area contributed by atoms with Crippen LogP contribution in [0.1, 0.15) is 25.5 Å². The summed E-state index contributed by atoms with van der Waals surface area (Å²) in [4.78, 5) is 15.9. The van der Waals surface area contributed by atoms with Gasteiger partial charge >= 0.3 is 0 Å². The Labute approximate surface area is 170 Å². The molecule has 1 aliphatic rings. The second-order valence-corrected chi connectivity index (χ2v) is 7.27. The number of hydrogen-bond acceptors (Lipinski definition) is 3. The number of anilines is 1. The lowest BCUT2D eigenvalue weighted by molar-refractivity contribution is -0.892. The van der Waals surface area contributed by atoms with Gasteiger partial charge < -0.3 is 19.9 Å². The van der Waals surface area contributed by atoms with Crippen molar-refractivity contribution in [2.45, 2.75) is 19.9 Å². The van der Waals surface area contributed by atoms with Gasteiger partial charge in [0.25, 0.3) is 5.91 Å². The van der Waals surface area contributed by atoms with Crippen molar-refractivity contribution in [2.75, 3.05) is 44.2 Å². The van der Waals surface area contributed by atoms with Gasteiger partial charge in [0.2, 0.25) is 0 Å². The van der Waals surface area contributed by atoms with Crippen LogP contribution in [-0.4, -0.2) is 45.2 Å². The third-order valence-electron chi connectivity index (χ3n) is 5.19. The molecule has 1 saturated heterocycles. The highest BCUT2D eigenvalue weighted by Crippen LogP contribution is 2.27. The second kappa shape index (κ2) is 9.69. The molecule has 1 heterocycles. The van der Waals surface area contributed by atoms with Crippen LogP contribution in [-0.2, 0) is 4.79 Å². The molecule has 0 spiro atoms. The van der Waals surface area contributed by atoms with Crippen LogP contribution in [0.3, 0.4) is 0 Å². The monoisotopic (exact) mass is 404 g/mol. The first-order valence-electron chi connectivity index (χ1n) is 10.0. The third-order valence-corrected chi connectivity index (χ3v) is 5.19. The van der Waals surface area contributed by atoms with Gasteiger partial charge in [-0.05, 0) is 32.0 Å². The zero-order chi connectivity index (χ0) is 20.8. The van der Waals surface area contributed by atoms with Crippen molar-refractivity contribution in [3.8, 4) is 5.75 Å². The van der Waals surface area contributed by atoms with Crippen molar-refractivity contribution in [3.05, 3.63) is 59.7 Å². The lowest BCUT2D eigenvalue weighted by atomic mass is 10.1. The van der Waals surface area contributed by atoms with Crippen LogP contribution in [0.15, 0.2) is 42.5 Å². The highest BCUT2D eigenvalue weighted by molar-refractivity contribution is 5.77. The summed E-state index contributed by atoms with van der Waals surface area (Å²) >= 11 is 0. The number of nitrogens with one attached hydrogen (secondary N) is 2. The average Bonchev–Trinajstić information content (AvgIpc) is 2.69. The van der Waals surface area contributed by atoms with E-state index in [1.54, 1.807) is 6.92 Å². The normalized spacial score (nSPS) is 15.8. The van der Waals surface area contributed by atoms with E-state index < -0.39 is 17.7 Å².